The van der Waals surface area contributed by atoms with Gasteiger partial charge >= 0.3 is 7.12 Å². The van der Waals surface area contributed by atoms with E-state index in [4.69, 9.17) is 10.0 Å². The van der Waals surface area contributed by atoms with E-state index >= 15 is 0 Å². The summed E-state index contributed by atoms with van der Waals surface area (Å²) < 4.78 is 26.0. The van der Waals surface area contributed by atoms with Crippen LogP contribution in [0.3, 0.4) is 0 Å². The van der Waals surface area contributed by atoms with E-state index in [0.717, 1.165) is 0 Å². The normalized spacial score (nSPS) is 17.7. The summed E-state index contributed by atoms with van der Waals surface area (Å²) >= 11 is 0. The van der Waals surface area contributed by atoms with Gasteiger partial charge in [-0.25, -0.2) is 8.42 Å². The maximum absolute atomic E-state index is 12.3. The molecular formula is C10H15BN2O4S. The smallest absolute Gasteiger partial charge is 0.423 e. The van der Waals surface area contributed by atoms with Crippen LogP contribution in [0, 0.1) is 0 Å². The summed E-state index contributed by atoms with van der Waals surface area (Å²) in [6.45, 7) is 2.10. The molecule has 0 radical (unpaired) electrons. The quantitative estimate of drug-likeness (QED) is 0.551. The lowest BCUT2D eigenvalue weighted by atomic mass is 9.80. The number of rotatable bonds is 3. The maximum Gasteiger partial charge on any atom is 0.488 e. The van der Waals surface area contributed by atoms with Crippen molar-refractivity contribution in [3.8, 4) is 0 Å². The van der Waals surface area contributed by atoms with E-state index in [1.54, 1.807) is 0 Å². The lowest BCUT2D eigenvalue weighted by molar-refractivity contribution is 0.360. The number of sulfonamides is 1. The van der Waals surface area contributed by atoms with E-state index in [1.807, 2.05) is 0 Å². The summed E-state index contributed by atoms with van der Waals surface area (Å²) in [6, 6.07) is 5.73. The average molecular weight is 270 g/mol. The fourth-order valence-electron chi connectivity index (χ4n) is 1.87. The summed E-state index contributed by atoms with van der Waals surface area (Å²) in [5.74, 6) is 0. The number of hydrogen-bond donors (Lipinski definition) is 3. The third-order valence-electron chi connectivity index (χ3n) is 2.87. The van der Waals surface area contributed by atoms with Gasteiger partial charge in [-0.3, -0.25) is 0 Å². The molecule has 0 saturated carbocycles. The summed E-state index contributed by atoms with van der Waals surface area (Å²) in [4.78, 5) is 0.0926. The SMILES string of the molecule is O=S(=O)(c1cccc(B(O)O)c1)N1CCNCC1. The first-order valence-corrected chi connectivity index (χ1v) is 7.13. The zero-order valence-electron chi connectivity index (χ0n) is 9.78. The third-order valence-corrected chi connectivity index (χ3v) is 4.76. The zero-order chi connectivity index (χ0) is 13.2. The zero-order valence-corrected chi connectivity index (χ0v) is 10.6. The van der Waals surface area contributed by atoms with Crippen LogP contribution in [0.2, 0.25) is 0 Å². The highest BCUT2D eigenvalue weighted by Gasteiger charge is 2.26. The fraction of sp³-hybridized carbons (Fsp3) is 0.400. The van der Waals surface area contributed by atoms with Gasteiger partial charge in [-0.05, 0) is 17.6 Å². The molecule has 0 atom stereocenters. The highest BCUT2D eigenvalue weighted by Crippen LogP contribution is 2.14. The van der Waals surface area contributed by atoms with Crippen molar-refractivity contribution >= 4 is 22.6 Å². The van der Waals surface area contributed by atoms with Crippen molar-refractivity contribution in [2.45, 2.75) is 4.90 Å². The van der Waals surface area contributed by atoms with Crippen LogP contribution in [-0.2, 0) is 10.0 Å². The Morgan fingerprint density at radius 1 is 1.22 bits per heavy atom. The largest absolute Gasteiger partial charge is 0.488 e. The average Bonchev–Trinajstić information content (AvgIpc) is 2.40. The minimum atomic E-state index is -3.55. The second-order valence-electron chi connectivity index (χ2n) is 4.10. The molecule has 1 aromatic rings. The van der Waals surface area contributed by atoms with Gasteiger partial charge in [0.2, 0.25) is 10.0 Å². The van der Waals surface area contributed by atoms with Crippen molar-refractivity contribution in [1.29, 1.82) is 0 Å². The first-order chi connectivity index (χ1) is 8.51. The molecule has 0 aliphatic carbocycles. The van der Waals surface area contributed by atoms with Crippen molar-refractivity contribution in [3.63, 3.8) is 0 Å². The monoisotopic (exact) mass is 270 g/mol. The number of benzene rings is 1. The molecule has 0 unspecified atom stereocenters. The molecule has 98 valence electrons. The van der Waals surface area contributed by atoms with Crippen molar-refractivity contribution in [2.75, 3.05) is 26.2 Å². The van der Waals surface area contributed by atoms with Gasteiger partial charge in [0.05, 0.1) is 4.90 Å². The Labute approximate surface area is 106 Å². The van der Waals surface area contributed by atoms with Crippen molar-refractivity contribution in [3.05, 3.63) is 24.3 Å². The molecule has 1 heterocycles. The van der Waals surface area contributed by atoms with Gasteiger partial charge in [-0.2, -0.15) is 4.31 Å². The second-order valence-corrected chi connectivity index (χ2v) is 6.04. The number of hydrogen-bond acceptors (Lipinski definition) is 5. The molecule has 8 heteroatoms. The Morgan fingerprint density at radius 3 is 2.50 bits per heavy atom. The van der Waals surface area contributed by atoms with Crippen LogP contribution in [0.15, 0.2) is 29.2 Å². The van der Waals surface area contributed by atoms with Crippen LogP contribution >= 0.6 is 0 Å². The fourth-order valence-corrected chi connectivity index (χ4v) is 3.37. The van der Waals surface area contributed by atoms with E-state index < -0.39 is 17.1 Å². The van der Waals surface area contributed by atoms with Crippen LogP contribution in [0.5, 0.6) is 0 Å². The highest BCUT2D eigenvalue weighted by atomic mass is 32.2. The van der Waals surface area contributed by atoms with E-state index in [2.05, 4.69) is 5.32 Å². The van der Waals surface area contributed by atoms with Gasteiger partial charge in [0.15, 0.2) is 0 Å². The molecule has 2 rings (SSSR count). The molecular weight excluding hydrogens is 255 g/mol. The van der Waals surface area contributed by atoms with Crippen LogP contribution in [0.25, 0.3) is 0 Å². The predicted molar refractivity (Wildman–Crippen MR) is 67.9 cm³/mol. The molecule has 1 saturated heterocycles. The number of nitrogens with one attached hydrogen (secondary N) is 1. The molecule has 0 spiro atoms. The molecule has 0 bridgehead atoms. The van der Waals surface area contributed by atoms with Crippen molar-refractivity contribution in [1.82, 2.24) is 9.62 Å². The van der Waals surface area contributed by atoms with Gasteiger partial charge in [0, 0.05) is 26.2 Å². The second kappa shape index (κ2) is 5.37. The van der Waals surface area contributed by atoms with E-state index in [9.17, 15) is 8.42 Å². The Bertz CT molecular complexity index is 514. The standard InChI is InChI=1S/C10H15BN2O4S/c14-11(15)9-2-1-3-10(8-9)18(16,17)13-6-4-12-5-7-13/h1-3,8,12,14-15H,4-7H2. The van der Waals surface area contributed by atoms with Crippen LogP contribution in [0.4, 0.5) is 0 Å². The lowest BCUT2D eigenvalue weighted by Crippen LogP contribution is -2.46. The lowest BCUT2D eigenvalue weighted by Gasteiger charge is -2.26. The minimum absolute atomic E-state index is 0.0926. The van der Waals surface area contributed by atoms with Crippen molar-refractivity contribution < 1.29 is 18.5 Å². The first kappa shape index (κ1) is 13.5. The van der Waals surface area contributed by atoms with Gasteiger partial charge in [0.1, 0.15) is 0 Å². The summed E-state index contributed by atoms with van der Waals surface area (Å²) in [5, 5.41) is 21.2. The molecule has 0 amide bonds. The highest BCUT2D eigenvalue weighted by molar-refractivity contribution is 7.89. The summed E-state index contributed by atoms with van der Waals surface area (Å²) in [6.07, 6.45) is 0. The topological polar surface area (TPSA) is 89.9 Å². The molecule has 18 heavy (non-hydrogen) atoms. The molecule has 1 aromatic carbocycles. The summed E-state index contributed by atoms with van der Waals surface area (Å²) in [5.41, 5.74) is 0.172. The minimum Gasteiger partial charge on any atom is -0.423 e. The molecule has 1 aliphatic heterocycles. The van der Waals surface area contributed by atoms with Gasteiger partial charge in [-0.1, -0.05) is 12.1 Å². The van der Waals surface area contributed by atoms with Crippen LogP contribution in [-0.4, -0.2) is 56.1 Å². The summed E-state index contributed by atoms with van der Waals surface area (Å²) in [7, 11) is -5.21. The Balaban J connectivity index is 2.31. The Morgan fingerprint density at radius 2 is 1.89 bits per heavy atom. The molecule has 1 aliphatic rings. The van der Waals surface area contributed by atoms with E-state index in [-0.39, 0.29) is 10.4 Å². The Hall–Kier alpha value is -0.925. The predicted octanol–water partition coefficient (Wildman–Crippen LogP) is -2.04. The number of piperazine rings is 1. The maximum atomic E-state index is 12.3. The van der Waals surface area contributed by atoms with E-state index in [1.165, 1.54) is 28.6 Å². The van der Waals surface area contributed by atoms with Crippen LogP contribution in [0.1, 0.15) is 0 Å². The first-order valence-electron chi connectivity index (χ1n) is 5.69. The molecule has 3 N–H and O–H groups in total. The van der Waals surface area contributed by atoms with Crippen molar-refractivity contribution in [2.24, 2.45) is 0 Å². The van der Waals surface area contributed by atoms with Gasteiger partial charge in [-0.15, -0.1) is 0 Å². The van der Waals surface area contributed by atoms with Crippen LogP contribution < -0.4 is 10.8 Å². The molecule has 6 nitrogen and oxygen atoms in total. The van der Waals surface area contributed by atoms with Gasteiger partial charge < -0.3 is 15.4 Å². The van der Waals surface area contributed by atoms with E-state index in [0.29, 0.717) is 26.2 Å². The van der Waals surface area contributed by atoms with Gasteiger partial charge in [0.25, 0.3) is 0 Å². The third kappa shape index (κ3) is 2.73. The molecule has 1 fully saturated rings. The molecule has 0 aromatic heterocycles. The Kier molecular flexibility index (Phi) is 4.03. The number of nitrogens with zero attached hydrogens (tertiary/aromatic N) is 1.